The Morgan fingerprint density at radius 1 is 1.10 bits per heavy atom. The molecule has 0 aromatic heterocycles. The largest absolute Gasteiger partial charge is 0.496 e. The SMILES string of the molecule is COc1cc(C)c(Br)cc1C(N)c1ccc(F)cc1C. The molecule has 2 aromatic carbocycles. The number of hydrogen-bond acceptors (Lipinski definition) is 2. The van der Waals surface area contributed by atoms with Gasteiger partial charge in [-0.1, -0.05) is 22.0 Å². The number of halogens is 2. The molecular weight excluding hydrogens is 321 g/mol. The molecule has 1 unspecified atom stereocenters. The van der Waals surface area contributed by atoms with Gasteiger partial charge in [-0.2, -0.15) is 0 Å². The summed E-state index contributed by atoms with van der Waals surface area (Å²) in [4.78, 5) is 0. The molecule has 0 aliphatic carbocycles. The molecule has 0 saturated carbocycles. The van der Waals surface area contributed by atoms with Crippen molar-refractivity contribution in [2.75, 3.05) is 7.11 Å². The number of methoxy groups -OCH3 is 1. The third-order valence-electron chi connectivity index (χ3n) is 3.41. The van der Waals surface area contributed by atoms with Crippen LogP contribution in [-0.2, 0) is 0 Å². The molecule has 2 aromatic rings. The number of nitrogens with two attached hydrogens (primary N) is 1. The van der Waals surface area contributed by atoms with Crippen LogP contribution in [0.5, 0.6) is 5.75 Å². The van der Waals surface area contributed by atoms with E-state index in [1.54, 1.807) is 13.2 Å². The summed E-state index contributed by atoms with van der Waals surface area (Å²) in [6, 6.07) is 8.19. The van der Waals surface area contributed by atoms with E-state index in [0.717, 1.165) is 32.5 Å². The summed E-state index contributed by atoms with van der Waals surface area (Å²) < 4.78 is 19.6. The maximum Gasteiger partial charge on any atom is 0.124 e. The van der Waals surface area contributed by atoms with Crippen molar-refractivity contribution in [1.82, 2.24) is 0 Å². The zero-order chi connectivity index (χ0) is 14.9. The average molecular weight is 338 g/mol. The highest BCUT2D eigenvalue weighted by molar-refractivity contribution is 9.10. The molecule has 0 radical (unpaired) electrons. The van der Waals surface area contributed by atoms with Gasteiger partial charge in [0.2, 0.25) is 0 Å². The van der Waals surface area contributed by atoms with Crippen molar-refractivity contribution >= 4 is 15.9 Å². The summed E-state index contributed by atoms with van der Waals surface area (Å²) in [5, 5.41) is 0. The molecule has 0 bridgehead atoms. The standard InChI is InChI=1S/C16H17BrFNO/c1-9-6-11(18)4-5-12(9)16(19)13-8-14(17)10(2)7-15(13)20-3/h4-8,16H,19H2,1-3H3. The predicted molar refractivity (Wildman–Crippen MR) is 82.6 cm³/mol. The smallest absolute Gasteiger partial charge is 0.124 e. The number of ether oxygens (including phenoxy) is 1. The van der Waals surface area contributed by atoms with Gasteiger partial charge in [-0.3, -0.25) is 0 Å². The lowest BCUT2D eigenvalue weighted by atomic mass is 9.94. The van der Waals surface area contributed by atoms with E-state index in [-0.39, 0.29) is 11.9 Å². The van der Waals surface area contributed by atoms with E-state index in [1.807, 2.05) is 26.0 Å². The first-order chi connectivity index (χ1) is 9.43. The third-order valence-corrected chi connectivity index (χ3v) is 4.27. The summed E-state index contributed by atoms with van der Waals surface area (Å²) >= 11 is 3.51. The highest BCUT2D eigenvalue weighted by Gasteiger charge is 2.17. The van der Waals surface area contributed by atoms with Gasteiger partial charge < -0.3 is 10.5 Å². The Hall–Kier alpha value is -1.39. The van der Waals surface area contributed by atoms with Crippen molar-refractivity contribution in [3.63, 3.8) is 0 Å². The molecule has 1 atom stereocenters. The molecule has 2 rings (SSSR count). The molecular formula is C16H17BrFNO. The molecule has 106 valence electrons. The summed E-state index contributed by atoms with van der Waals surface area (Å²) in [6.45, 7) is 3.85. The van der Waals surface area contributed by atoms with E-state index in [0.29, 0.717) is 0 Å². The molecule has 0 aliphatic heterocycles. The lowest BCUT2D eigenvalue weighted by Gasteiger charge is -2.19. The van der Waals surface area contributed by atoms with Gasteiger partial charge in [-0.05, 0) is 54.8 Å². The third kappa shape index (κ3) is 2.86. The zero-order valence-corrected chi connectivity index (χ0v) is 13.3. The second-order valence-corrected chi connectivity index (χ2v) is 5.68. The van der Waals surface area contributed by atoms with E-state index in [9.17, 15) is 4.39 Å². The molecule has 0 spiro atoms. The summed E-state index contributed by atoms with van der Waals surface area (Å²) in [5.41, 5.74) is 10.0. The molecule has 0 heterocycles. The van der Waals surface area contributed by atoms with Crippen LogP contribution in [0.25, 0.3) is 0 Å². The zero-order valence-electron chi connectivity index (χ0n) is 11.7. The van der Waals surface area contributed by atoms with Crippen molar-refractivity contribution in [3.05, 3.63) is 62.9 Å². The maximum atomic E-state index is 13.2. The maximum absolute atomic E-state index is 13.2. The van der Waals surface area contributed by atoms with Crippen molar-refractivity contribution < 1.29 is 9.13 Å². The number of rotatable bonds is 3. The van der Waals surface area contributed by atoms with Gasteiger partial charge in [0.05, 0.1) is 13.2 Å². The monoisotopic (exact) mass is 337 g/mol. The van der Waals surface area contributed by atoms with Crippen LogP contribution in [0.1, 0.15) is 28.3 Å². The van der Waals surface area contributed by atoms with Crippen molar-refractivity contribution in [2.24, 2.45) is 5.73 Å². The van der Waals surface area contributed by atoms with Crippen LogP contribution in [0.2, 0.25) is 0 Å². The highest BCUT2D eigenvalue weighted by Crippen LogP contribution is 2.34. The Balaban J connectivity index is 2.52. The van der Waals surface area contributed by atoms with Crippen LogP contribution >= 0.6 is 15.9 Å². The first-order valence-corrected chi connectivity index (χ1v) is 7.09. The Labute approximate surface area is 126 Å². The van der Waals surface area contributed by atoms with Gasteiger partial charge in [0.1, 0.15) is 11.6 Å². The normalized spacial score (nSPS) is 12.3. The van der Waals surface area contributed by atoms with Crippen LogP contribution in [0.4, 0.5) is 4.39 Å². The summed E-state index contributed by atoms with van der Waals surface area (Å²) in [6.07, 6.45) is 0. The van der Waals surface area contributed by atoms with Crippen molar-refractivity contribution in [2.45, 2.75) is 19.9 Å². The fourth-order valence-electron chi connectivity index (χ4n) is 2.25. The van der Waals surface area contributed by atoms with Crippen molar-refractivity contribution in [1.29, 1.82) is 0 Å². The van der Waals surface area contributed by atoms with Gasteiger partial charge >= 0.3 is 0 Å². The van der Waals surface area contributed by atoms with Crippen LogP contribution in [0.3, 0.4) is 0 Å². The van der Waals surface area contributed by atoms with E-state index in [2.05, 4.69) is 15.9 Å². The number of hydrogen-bond donors (Lipinski definition) is 1. The minimum atomic E-state index is -0.359. The molecule has 2 N–H and O–H groups in total. The lowest BCUT2D eigenvalue weighted by Crippen LogP contribution is -2.15. The Morgan fingerprint density at radius 3 is 2.40 bits per heavy atom. The lowest BCUT2D eigenvalue weighted by molar-refractivity contribution is 0.407. The molecule has 4 heteroatoms. The van der Waals surface area contributed by atoms with E-state index in [1.165, 1.54) is 12.1 Å². The minimum Gasteiger partial charge on any atom is -0.496 e. The number of aryl methyl sites for hydroxylation is 2. The summed E-state index contributed by atoms with van der Waals surface area (Å²) in [7, 11) is 1.62. The summed E-state index contributed by atoms with van der Waals surface area (Å²) in [5.74, 6) is 0.484. The molecule has 0 amide bonds. The van der Waals surface area contributed by atoms with Crippen LogP contribution in [-0.4, -0.2) is 7.11 Å². The van der Waals surface area contributed by atoms with Gasteiger partial charge in [0.15, 0.2) is 0 Å². The second-order valence-electron chi connectivity index (χ2n) is 4.82. The van der Waals surface area contributed by atoms with Crippen LogP contribution < -0.4 is 10.5 Å². The number of benzene rings is 2. The highest BCUT2D eigenvalue weighted by atomic mass is 79.9. The Kier molecular flexibility index (Phi) is 4.45. The average Bonchev–Trinajstić information content (AvgIpc) is 2.40. The van der Waals surface area contributed by atoms with Gasteiger partial charge in [-0.15, -0.1) is 0 Å². The second kappa shape index (κ2) is 5.94. The molecule has 0 saturated heterocycles. The van der Waals surface area contributed by atoms with Crippen LogP contribution in [0.15, 0.2) is 34.8 Å². The Morgan fingerprint density at radius 2 is 1.80 bits per heavy atom. The topological polar surface area (TPSA) is 35.2 Å². The fraction of sp³-hybridized carbons (Fsp3) is 0.250. The van der Waals surface area contributed by atoms with Crippen LogP contribution in [0, 0.1) is 19.7 Å². The molecule has 20 heavy (non-hydrogen) atoms. The van der Waals surface area contributed by atoms with Gasteiger partial charge in [-0.25, -0.2) is 4.39 Å². The predicted octanol–water partition coefficient (Wildman–Crippen LogP) is 4.26. The van der Waals surface area contributed by atoms with E-state index >= 15 is 0 Å². The van der Waals surface area contributed by atoms with Gasteiger partial charge in [0, 0.05) is 10.0 Å². The van der Waals surface area contributed by atoms with Gasteiger partial charge in [0.25, 0.3) is 0 Å². The first-order valence-electron chi connectivity index (χ1n) is 6.29. The van der Waals surface area contributed by atoms with Crippen molar-refractivity contribution in [3.8, 4) is 5.75 Å². The fourth-order valence-corrected chi connectivity index (χ4v) is 2.61. The minimum absolute atomic E-state index is 0.254. The van der Waals surface area contributed by atoms with E-state index < -0.39 is 0 Å². The Bertz CT molecular complexity index is 643. The van der Waals surface area contributed by atoms with E-state index in [4.69, 9.17) is 10.5 Å². The molecule has 0 fully saturated rings. The molecule has 0 aliphatic rings. The molecule has 2 nitrogen and oxygen atoms in total. The first kappa shape index (κ1) is 15.0. The quantitative estimate of drug-likeness (QED) is 0.907.